The first-order valence-electron chi connectivity index (χ1n) is 8.13. The predicted molar refractivity (Wildman–Crippen MR) is 99.8 cm³/mol. The number of rotatable bonds is 8. The first-order chi connectivity index (χ1) is 13.1. The van der Waals surface area contributed by atoms with Gasteiger partial charge in [0.15, 0.2) is 16.8 Å². The molecule has 0 atom stereocenters. The van der Waals surface area contributed by atoms with Crippen LogP contribution >= 0.6 is 11.8 Å². The average Bonchev–Trinajstić information content (AvgIpc) is 3.04. The van der Waals surface area contributed by atoms with Crippen LogP contribution in [0.4, 0.5) is 4.39 Å². The van der Waals surface area contributed by atoms with Crippen LogP contribution in [0.5, 0.6) is 11.5 Å². The summed E-state index contributed by atoms with van der Waals surface area (Å²) in [4.78, 5) is 12.2. The zero-order chi connectivity index (χ0) is 19.2. The lowest BCUT2D eigenvalue weighted by Crippen LogP contribution is -2.06. The number of halogens is 1. The number of hydrogen-bond acceptors (Lipinski definition) is 6. The second-order valence-electron chi connectivity index (χ2n) is 5.64. The quantitative estimate of drug-likeness (QED) is 0.435. The lowest BCUT2D eigenvalue weighted by atomic mass is 10.1. The Balaban J connectivity index is 1.57. The summed E-state index contributed by atoms with van der Waals surface area (Å²) in [5, 5.41) is 8.78. The van der Waals surface area contributed by atoms with Crippen LogP contribution in [0.15, 0.2) is 53.7 Å². The zero-order valence-electron chi connectivity index (χ0n) is 14.9. The van der Waals surface area contributed by atoms with Crippen molar-refractivity contribution in [1.29, 1.82) is 0 Å². The van der Waals surface area contributed by atoms with E-state index in [1.807, 2.05) is 31.3 Å². The predicted octanol–water partition coefficient (Wildman–Crippen LogP) is 3.52. The third-order valence-electron chi connectivity index (χ3n) is 3.83. The van der Waals surface area contributed by atoms with Crippen molar-refractivity contribution in [3.8, 4) is 11.5 Å². The highest BCUT2D eigenvalue weighted by Gasteiger charge is 2.13. The van der Waals surface area contributed by atoms with Crippen LogP contribution < -0.4 is 9.47 Å². The molecule has 0 aliphatic heterocycles. The number of nitrogens with zero attached hydrogens (tertiary/aromatic N) is 3. The van der Waals surface area contributed by atoms with Gasteiger partial charge < -0.3 is 14.0 Å². The lowest BCUT2D eigenvalue weighted by molar-refractivity contribution is 0.102. The summed E-state index contributed by atoms with van der Waals surface area (Å²) in [6.07, 6.45) is 0. The normalized spacial score (nSPS) is 10.6. The molecule has 3 rings (SSSR count). The Morgan fingerprint density at radius 1 is 1.15 bits per heavy atom. The van der Waals surface area contributed by atoms with E-state index < -0.39 is 5.82 Å². The van der Waals surface area contributed by atoms with Crippen LogP contribution in [0, 0.1) is 5.82 Å². The highest BCUT2D eigenvalue weighted by molar-refractivity contribution is 7.99. The third kappa shape index (κ3) is 4.85. The van der Waals surface area contributed by atoms with Gasteiger partial charge in [0.2, 0.25) is 0 Å². The Morgan fingerprint density at radius 2 is 1.89 bits per heavy atom. The Kier molecular flexibility index (Phi) is 6.08. The molecule has 1 aromatic heterocycles. The number of benzene rings is 2. The molecule has 0 saturated carbocycles. The molecule has 8 heteroatoms. The molecular formula is C19H18FN3O3S. The summed E-state index contributed by atoms with van der Waals surface area (Å²) in [5.74, 6) is 1.62. The summed E-state index contributed by atoms with van der Waals surface area (Å²) in [6.45, 7) is 0.244. The molecule has 0 saturated heterocycles. The Bertz CT molecular complexity index is 928. The maximum absolute atomic E-state index is 13.2. The van der Waals surface area contributed by atoms with Crippen molar-refractivity contribution in [3.05, 3.63) is 65.7 Å². The van der Waals surface area contributed by atoms with Gasteiger partial charge in [0, 0.05) is 12.6 Å². The van der Waals surface area contributed by atoms with Crippen LogP contribution in [0.1, 0.15) is 16.2 Å². The number of aromatic nitrogens is 3. The van der Waals surface area contributed by atoms with Crippen molar-refractivity contribution in [2.45, 2.75) is 11.8 Å². The number of ether oxygens (including phenoxy) is 2. The van der Waals surface area contributed by atoms with Gasteiger partial charge in [0.25, 0.3) is 0 Å². The zero-order valence-corrected chi connectivity index (χ0v) is 15.7. The van der Waals surface area contributed by atoms with Gasteiger partial charge >= 0.3 is 0 Å². The Hall–Kier alpha value is -2.87. The van der Waals surface area contributed by atoms with Crippen LogP contribution in [0.25, 0.3) is 0 Å². The maximum Gasteiger partial charge on any atom is 0.191 e. The highest BCUT2D eigenvalue weighted by atomic mass is 32.2. The van der Waals surface area contributed by atoms with E-state index in [4.69, 9.17) is 9.47 Å². The van der Waals surface area contributed by atoms with Crippen molar-refractivity contribution >= 4 is 17.5 Å². The fourth-order valence-corrected chi connectivity index (χ4v) is 3.12. The molecule has 0 N–H and O–H groups in total. The molecule has 0 bridgehead atoms. The number of ketones is 1. The van der Waals surface area contributed by atoms with Gasteiger partial charge in [0.05, 0.1) is 12.9 Å². The molecule has 0 amide bonds. The van der Waals surface area contributed by atoms with Gasteiger partial charge in [-0.2, -0.15) is 0 Å². The summed E-state index contributed by atoms with van der Waals surface area (Å²) >= 11 is 1.25. The number of thioether (sulfide) groups is 1. The fraction of sp³-hybridized carbons (Fsp3) is 0.211. The molecule has 0 radical (unpaired) electrons. The molecule has 0 fully saturated rings. The van der Waals surface area contributed by atoms with Crippen molar-refractivity contribution in [1.82, 2.24) is 14.8 Å². The number of carbonyl (C=O) groups is 1. The molecule has 2 aromatic carbocycles. The molecule has 0 aliphatic rings. The highest BCUT2D eigenvalue weighted by Crippen LogP contribution is 2.20. The van der Waals surface area contributed by atoms with Gasteiger partial charge in [-0.25, -0.2) is 4.39 Å². The SMILES string of the molecule is COc1ccc(OCc2nnc(SCC(=O)c3cccc(F)c3)n2C)cc1. The fourth-order valence-electron chi connectivity index (χ4n) is 2.29. The van der Waals surface area contributed by atoms with E-state index in [1.165, 1.54) is 30.0 Å². The monoisotopic (exact) mass is 387 g/mol. The molecule has 0 aliphatic carbocycles. The molecule has 6 nitrogen and oxygen atoms in total. The van der Waals surface area contributed by atoms with Crippen molar-refractivity contribution < 1.29 is 18.7 Å². The summed E-state index contributed by atoms with van der Waals surface area (Å²) < 4.78 is 25.8. The summed E-state index contributed by atoms with van der Waals surface area (Å²) in [5.41, 5.74) is 0.340. The van der Waals surface area contributed by atoms with Gasteiger partial charge in [-0.15, -0.1) is 10.2 Å². The van der Waals surface area contributed by atoms with Crippen LogP contribution in [-0.2, 0) is 13.7 Å². The second-order valence-corrected chi connectivity index (χ2v) is 6.59. The van der Waals surface area contributed by atoms with Crippen molar-refractivity contribution in [2.24, 2.45) is 7.05 Å². The van der Waals surface area contributed by atoms with Crippen LogP contribution in [0.3, 0.4) is 0 Å². The number of Topliss-reactive ketones (excluding diaryl/α,β-unsaturated/α-hetero) is 1. The van der Waals surface area contributed by atoms with E-state index in [1.54, 1.807) is 17.7 Å². The van der Waals surface area contributed by atoms with Gasteiger partial charge in [-0.1, -0.05) is 23.9 Å². The summed E-state index contributed by atoms with van der Waals surface area (Å²) in [7, 11) is 3.41. The molecule has 1 heterocycles. The van der Waals surface area contributed by atoms with E-state index in [-0.39, 0.29) is 18.1 Å². The van der Waals surface area contributed by atoms with E-state index in [2.05, 4.69) is 10.2 Å². The minimum atomic E-state index is -0.428. The molecule has 3 aromatic rings. The standard InChI is InChI=1S/C19H18FN3O3S/c1-23-18(11-26-16-8-6-15(25-2)7-9-16)21-22-19(23)27-12-17(24)13-4-3-5-14(20)10-13/h3-10H,11-12H2,1-2H3. The molecular weight excluding hydrogens is 369 g/mol. The topological polar surface area (TPSA) is 66.2 Å². The molecule has 0 unspecified atom stereocenters. The molecule has 0 spiro atoms. The van der Waals surface area contributed by atoms with Gasteiger partial charge in [-0.05, 0) is 36.4 Å². The Morgan fingerprint density at radius 3 is 2.59 bits per heavy atom. The first-order valence-corrected chi connectivity index (χ1v) is 9.12. The number of methoxy groups -OCH3 is 1. The summed E-state index contributed by atoms with van der Waals surface area (Å²) in [6, 6.07) is 12.9. The average molecular weight is 387 g/mol. The second kappa shape index (κ2) is 8.68. The van der Waals surface area contributed by atoms with Crippen molar-refractivity contribution in [2.75, 3.05) is 12.9 Å². The van der Waals surface area contributed by atoms with E-state index in [9.17, 15) is 9.18 Å². The molecule has 27 heavy (non-hydrogen) atoms. The van der Waals surface area contributed by atoms with E-state index in [0.717, 1.165) is 5.75 Å². The third-order valence-corrected chi connectivity index (χ3v) is 4.85. The molecule has 140 valence electrons. The minimum Gasteiger partial charge on any atom is -0.497 e. The van der Waals surface area contributed by atoms with Gasteiger partial charge in [0.1, 0.15) is 23.9 Å². The van der Waals surface area contributed by atoms with E-state index >= 15 is 0 Å². The number of hydrogen-bond donors (Lipinski definition) is 0. The smallest absolute Gasteiger partial charge is 0.191 e. The van der Waals surface area contributed by atoms with E-state index in [0.29, 0.717) is 22.3 Å². The lowest BCUT2D eigenvalue weighted by Gasteiger charge is -2.07. The van der Waals surface area contributed by atoms with Crippen LogP contribution in [0.2, 0.25) is 0 Å². The van der Waals surface area contributed by atoms with Crippen LogP contribution in [-0.4, -0.2) is 33.4 Å². The number of carbonyl (C=O) groups excluding carboxylic acids is 1. The maximum atomic E-state index is 13.2. The van der Waals surface area contributed by atoms with Crippen molar-refractivity contribution in [3.63, 3.8) is 0 Å². The first kappa shape index (κ1) is 18.9. The minimum absolute atomic E-state index is 0.148. The van der Waals surface area contributed by atoms with Gasteiger partial charge in [-0.3, -0.25) is 4.79 Å². The Labute approximate surface area is 160 Å². The largest absolute Gasteiger partial charge is 0.497 e.